The largest absolute Gasteiger partial charge is 0.257 e. The molecule has 2 heterocycles. The maximum absolute atomic E-state index is 8.76. The van der Waals surface area contributed by atoms with Gasteiger partial charge >= 0.3 is 0 Å². The highest BCUT2D eigenvalue weighted by Crippen LogP contribution is 2.21. The van der Waals surface area contributed by atoms with E-state index in [0.29, 0.717) is 16.5 Å². The second-order valence-electron chi connectivity index (χ2n) is 4.28. The Morgan fingerprint density at radius 3 is 2.71 bits per heavy atom. The number of hydrogen-bond acceptors (Lipinski definition) is 5. The third kappa shape index (κ3) is 3.27. The van der Waals surface area contributed by atoms with Crippen LogP contribution in [-0.2, 0) is 5.75 Å². The molecule has 0 saturated carbocycles. The van der Waals surface area contributed by atoms with Gasteiger partial charge in [-0.2, -0.15) is 10.2 Å². The Balaban J connectivity index is 1.66. The van der Waals surface area contributed by atoms with Crippen molar-refractivity contribution in [3.63, 3.8) is 0 Å². The van der Waals surface area contributed by atoms with Crippen molar-refractivity contribution < 1.29 is 0 Å². The predicted molar refractivity (Wildman–Crippen MR) is 80.3 cm³/mol. The second-order valence-corrected chi connectivity index (χ2v) is 5.22. The highest BCUT2D eigenvalue weighted by molar-refractivity contribution is 7.98. The van der Waals surface area contributed by atoms with Gasteiger partial charge in [-0.1, -0.05) is 30.0 Å². The lowest BCUT2D eigenvalue weighted by Crippen LogP contribution is -1.84. The molecule has 21 heavy (non-hydrogen) atoms. The van der Waals surface area contributed by atoms with E-state index in [9.17, 15) is 0 Å². The molecule has 0 bridgehead atoms. The molecule has 0 atom stereocenters. The van der Waals surface area contributed by atoms with Crippen LogP contribution in [0, 0.1) is 11.3 Å². The predicted octanol–water partition coefficient (Wildman–Crippen LogP) is 3.03. The summed E-state index contributed by atoms with van der Waals surface area (Å²) in [5.41, 5.74) is 2.57. The molecule has 0 spiro atoms. The third-order valence-electron chi connectivity index (χ3n) is 2.82. The summed E-state index contributed by atoms with van der Waals surface area (Å²) in [7, 11) is 0. The normalized spacial score (nSPS) is 10.2. The molecule has 0 aliphatic heterocycles. The van der Waals surface area contributed by atoms with Crippen LogP contribution in [0.4, 0.5) is 0 Å². The van der Waals surface area contributed by atoms with E-state index < -0.39 is 0 Å². The Morgan fingerprint density at radius 2 is 2.00 bits per heavy atom. The van der Waals surface area contributed by atoms with E-state index in [1.54, 1.807) is 6.20 Å². The number of nitrogens with one attached hydrogen (secondary N) is 1. The summed E-state index contributed by atoms with van der Waals surface area (Å²) in [5, 5.41) is 16.5. The average Bonchev–Trinajstić information content (AvgIpc) is 3.03. The number of rotatable bonds is 4. The van der Waals surface area contributed by atoms with Crippen LogP contribution in [0.1, 0.15) is 11.1 Å². The summed E-state index contributed by atoms with van der Waals surface area (Å²) in [5.74, 6) is 1.42. The summed E-state index contributed by atoms with van der Waals surface area (Å²) < 4.78 is 0. The fraction of sp³-hybridized carbons (Fsp3) is 0.0667. The van der Waals surface area contributed by atoms with Gasteiger partial charge in [-0.15, -0.1) is 5.10 Å². The van der Waals surface area contributed by atoms with Crippen molar-refractivity contribution in [1.29, 1.82) is 5.26 Å². The summed E-state index contributed by atoms with van der Waals surface area (Å²) in [6.45, 7) is 0. The van der Waals surface area contributed by atoms with Crippen LogP contribution >= 0.6 is 11.8 Å². The quantitative estimate of drug-likeness (QED) is 0.748. The number of nitriles is 1. The Bertz CT molecular complexity index is 759. The minimum absolute atomic E-state index is 0.665. The lowest BCUT2D eigenvalue weighted by Gasteiger charge is -1.98. The number of benzene rings is 1. The van der Waals surface area contributed by atoms with E-state index in [4.69, 9.17) is 5.26 Å². The second kappa shape index (κ2) is 6.20. The van der Waals surface area contributed by atoms with Gasteiger partial charge in [0.15, 0.2) is 5.82 Å². The molecule has 3 rings (SSSR count). The van der Waals surface area contributed by atoms with Crippen molar-refractivity contribution in [2.24, 2.45) is 0 Å². The molecule has 0 saturated heterocycles. The first-order valence-electron chi connectivity index (χ1n) is 6.31. The third-order valence-corrected chi connectivity index (χ3v) is 3.74. The maximum atomic E-state index is 8.76. The highest BCUT2D eigenvalue weighted by atomic mass is 32.2. The van der Waals surface area contributed by atoms with Gasteiger partial charge in [0, 0.05) is 11.9 Å². The molecule has 1 N–H and O–H groups in total. The molecule has 3 aromatic rings. The summed E-state index contributed by atoms with van der Waals surface area (Å²) in [4.78, 5) is 8.64. The van der Waals surface area contributed by atoms with Crippen molar-refractivity contribution in [2.75, 3.05) is 0 Å². The van der Waals surface area contributed by atoms with E-state index in [0.717, 1.165) is 17.0 Å². The number of aromatic amines is 1. The molecule has 0 aliphatic carbocycles. The zero-order valence-corrected chi connectivity index (χ0v) is 11.8. The van der Waals surface area contributed by atoms with Crippen molar-refractivity contribution in [3.05, 3.63) is 59.8 Å². The zero-order valence-electron chi connectivity index (χ0n) is 11.0. The number of aromatic nitrogens is 4. The first-order valence-corrected chi connectivity index (χ1v) is 7.29. The Labute approximate surface area is 126 Å². The molecule has 0 aliphatic rings. The van der Waals surface area contributed by atoms with Crippen LogP contribution in [-0.4, -0.2) is 20.2 Å². The minimum Gasteiger partial charge on any atom is -0.257 e. The van der Waals surface area contributed by atoms with Crippen LogP contribution in [0.2, 0.25) is 0 Å². The van der Waals surface area contributed by atoms with Crippen molar-refractivity contribution in [2.45, 2.75) is 10.9 Å². The number of hydrogen-bond donors (Lipinski definition) is 1. The number of thioether (sulfide) groups is 1. The SMILES string of the molecule is N#Cc1ccc(CSc2n[nH]c(-c3ccccn3)n2)cc1. The maximum Gasteiger partial charge on any atom is 0.209 e. The fourth-order valence-corrected chi connectivity index (χ4v) is 2.51. The van der Waals surface area contributed by atoms with E-state index in [2.05, 4.69) is 26.2 Å². The van der Waals surface area contributed by atoms with Gasteiger partial charge in [0.1, 0.15) is 5.69 Å². The minimum atomic E-state index is 0.665. The van der Waals surface area contributed by atoms with Crippen LogP contribution in [0.15, 0.2) is 53.8 Å². The van der Waals surface area contributed by atoms with Gasteiger partial charge < -0.3 is 0 Å². The van der Waals surface area contributed by atoms with Gasteiger partial charge in [0.05, 0.1) is 11.6 Å². The highest BCUT2D eigenvalue weighted by Gasteiger charge is 2.07. The first kappa shape index (κ1) is 13.3. The topological polar surface area (TPSA) is 78.2 Å². The Hall–Kier alpha value is -2.65. The number of H-pyrrole nitrogens is 1. The van der Waals surface area contributed by atoms with Crippen LogP contribution < -0.4 is 0 Å². The molecule has 0 fully saturated rings. The molecule has 1 aromatic carbocycles. The Kier molecular flexibility index (Phi) is 3.94. The van der Waals surface area contributed by atoms with Gasteiger partial charge in [-0.05, 0) is 29.8 Å². The molecule has 6 heteroatoms. The van der Waals surface area contributed by atoms with Gasteiger partial charge in [0.25, 0.3) is 0 Å². The average molecular weight is 293 g/mol. The van der Waals surface area contributed by atoms with E-state index in [-0.39, 0.29) is 0 Å². The molecule has 0 unspecified atom stereocenters. The lowest BCUT2D eigenvalue weighted by atomic mass is 10.2. The van der Waals surface area contributed by atoms with Gasteiger partial charge in [-0.3, -0.25) is 10.1 Å². The van der Waals surface area contributed by atoms with Crippen molar-refractivity contribution >= 4 is 11.8 Å². The smallest absolute Gasteiger partial charge is 0.209 e. The molecule has 2 aromatic heterocycles. The zero-order chi connectivity index (χ0) is 14.5. The Morgan fingerprint density at radius 1 is 1.14 bits per heavy atom. The molecule has 0 amide bonds. The van der Waals surface area contributed by atoms with Gasteiger partial charge in [0.2, 0.25) is 5.16 Å². The molecule has 5 nitrogen and oxygen atoms in total. The van der Waals surface area contributed by atoms with E-state index in [1.165, 1.54) is 11.8 Å². The molecular formula is C15H11N5S. The van der Waals surface area contributed by atoms with Crippen LogP contribution in [0.25, 0.3) is 11.5 Å². The number of pyridine rings is 1. The monoisotopic (exact) mass is 293 g/mol. The van der Waals surface area contributed by atoms with Crippen LogP contribution in [0.5, 0.6) is 0 Å². The summed E-state index contributed by atoms with van der Waals surface area (Å²) >= 11 is 1.54. The van der Waals surface area contributed by atoms with E-state index >= 15 is 0 Å². The van der Waals surface area contributed by atoms with Crippen molar-refractivity contribution in [3.8, 4) is 17.6 Å². The lowest BCUT2D eigenvalue weighted by molar-refractivity contribution is 0.973. The number of nitrogens with zero attached hydrogens (tertiary/aromatic N) is 4. The first-order chi connectivity index (χ1) is 10.3. The standard InChI is InChI=1S/C15H11N5S/c16-9-11-4-6-12(7-5-11)10-21-15-18-14(19-20-15)13-3-1-2-8-17-13/h1-8H,10H2,(H,18,19,20). The molecule has 0 radical (unpaired) electrons. The van der Waals surface area contributed by atoms with Crippen molar-refractivity contribution in [1.82, 2.24) is 20.2 Å². The fourth-order valence-electron chi connectivity index (χ4n) is 1.75. The van der Waals surface area contributed by atoms with Crippen LogP contribution in [0.3, 0.4) is 0 Å². The van der Waals surface area contributed by atoms with Gasteiger partial charge in [-0.25, -0.2) is 0 Å². The molecular weight excluding hydrogens is 282 g/mol. The van der Waals surface area contributed by atoms with E-state index in [1.807, 2.05) is 42.5 Å². The molecule has 102 valence electrons. The summed E-state index contributed by atoms with van der Waals surface area (Å²) in [6.07, 6.45) is 1.72. The summed E-state index contributed by atoms with van der Waals surface area (Å²) in [6, 6.07) is 15.3.